The van der Waals surface area contributed by atoms with Gasteiger partial charge in [-0.25, -0.2) is 4.98 Å². The van der Waals surface area contributed by atoms with Gasteiger partial charge in [-0.1, -0.05) is 6.92 Å². The Morgan fingerprint density at radius 2 is 2.22 bits per heavy atom. The van der Waals surface area contributed by atoms with Gasteiger partial charge in [0.2, 0.25) is 5.91 Å². The molecule has 0 spiro atoms. The maximum atomic E-state index is 11.5. The number of hydrogen-bond donors (Lipinski definition) is 2. The Balaban J connectivity index is 0. The van der Waals surface area contributed by atoms with E-state index in [-0.39, 0.29) is 30.7 Å². The van der Waals surface area contributed by atoms with E-state index in [0.29, 0.717) is 19.0 Å². The van der Waals surface area contributed by atoms with Crippen LogP contribution in [-0.4, -0.2) is 30.0 Å². The van der Waals surface area contributed by atoms with Gasteiger partial charge < -0.3 is 10.6 Å². The van der Waals surface area contributed by atoms with Crippen molar-refractivity contribution in [3.05, 3.63) is 16.6 Å². The second-order valence-corrected chi connectivity index (χ2v) is 4.46. The number of aromatic nitrogens is 1. The zero-order valence-corrected chi connectivity index (χ0v) is 13.1. The SMILES string of the molecule is CCN[C@H](C)CNC(=O)CCc1cscn1.Cl.Cl. The molecule has 0 aromatic carbocycles. The van der Waals surface area contributed by atoms with Crippen molar-refractivity contribution in [1.29, 1.82) is 0 Å². The van der Waals surface area contributed by atoms with Crippen LogP contribution in [0.1, 0.15) is 26.0 Å². The minimum absolute atomic E-state index is 0. The topological polar surface area (TPSA) is 54.0 Å². The summed E-state index contributed by atoms with van der Waals surface area (Å²) in [6.45, 7) is 5.73. The number of nitrogens with one attached hydrogen (secondary N) is 2. The fourth-order valence-electron chi connectivity index (χ4n) is 1.38. The minimum Gasteiger partial charge on any atom is -0.355 e. The molecule has 106 valence electrons. The lowest BCUT2D eigenvalue weighted by molar-refractivity contribution is -0.121. The summed E-state index contributed by atoms with van der Waals surface area (Å²) >= 11 is 1.56. The Kier molecular flexibility index (Phi) is 13.0. The number of nitrogens with zero attached hydrogens (tertiary/aromatic N) is 1. The van der Waals surface area contributed by atoms with Gasteiger partial charge in [0, 0.05) is 24.4 Å². The number of rotatable bonds is 7. The van der Waals surface area contributed by atoms with Crippen LogP contribution in [0.15, 0.2) is 10.9 Å². The van der Waals surface area contributed by atoms with Gasteiger partial charge >= 0.3 is 0 Å². The van der Waals surface area contributed by atoms with Gasteiger partial charge in [-0.2, -0.15) is 0 Å². The smallest absolute Gasteiger partial charge is 0.220 e. The van der Waals surface area contributed by atoms with Crippen LogP contribution in [0.5, 0.6) is 0 Å². The highest BCUT2D eigenvalue weighted by Gasteiger charge is 2.05. The summed E-state index contributed by atoms with van der Waals surface area (Å²) in [6.07, 6.45) is 1.24. The Morgan fingerprint density at radius 1 is 1.50 bits per heavy atom. The summed E-state index contributed by atoms with van der Waals surface area (Å²) in [5.41, 5.74) is 2.79. The standard InChI is InChI=1S/C11H19N3OS.2ClH/c1-3-12-9(2)6-13-11(15)5-4-10-7-16-8-14-10;;/h7-9,12H,3-6H2,1-2H3,(H,13,15);2*1H/t9-;;/m1../s1. The van der Waals surface area contributed by atoms with Crippen molar-refractivity contribution >= 4 is 42.1 Å². The highest BCUT2D eigenvalue weighted by molar-refractivity contribution is 7.07. The first-order chi connectivity index (χ1) is 7.72. The maximum Gasteiger partial charge on any atom is 0.220 e. The van der Waals surface area contributed by atoms with Crippen LogP contribution in [0.25, 0.3) is 0 Å². The molecule has 1 aromatic rings. The quantitative estimate of drug-likeness (QED) is 0.810. The lowest BCUT2D eigenvalue weighted by Crippen LogP contribution is -2.38. The van der Waals surface area contributed by atoms with Crippen LogP contribution in [0, 0.1) is 0 Å². The Hall–Kier alpha value is -0.360. The molecule has 2 N–H and O–H groups in total. The van der Waals surface area contributed by atoms with E-state index >= 15 is 0 Å². The first-order valence-electron chi connectivity index (χ1n) is 5.59. The second-order valence-electron chi connectivity index (χ2n) is 3.74. The molecule has 0 unspecified atom stereocenters. The van der Waals surface area contributed by atoms with Crippen LogP contribution < -0.4 is 10.6 Å². The van der Waals surface area contributed by atoms with E-state index in [1.165, 1.54) is 0 Å². The van der Waals surface area contributed by atoms with E-state index in [0.717, 1.165) is 18.7 Å². The molecule has 0 radical (unpaired) electrons. The maximum absolute atomic E-state index is 11.5. The number of aryl methyl sites for hydroxylation is 1. The number of likely N-dealkylation sites (N-methyl/N-ethyl adjacent to an activating group) is 1. The summed E-state index contributed by atoms with van der Waals surface area (Å²) in [7, 11) is 0. The molecule has 1 aromatic heterocycles. The van der Waals surface area contributed by atoms with Crippen LogP contribution in [-0.2, 0) is 11.2 Å². The Labute approximate surface area is 125 Å². The van der Waals surface area contributed by atoms with Gasteiger partial charge in [-0.15, -0.1) is 36.2 Å². The van der Waals surface area contributed by atoms with Crippen molar-refractivity contribution in [1.82, 2.24) is 15.6 Å². The van der Waals surface area contributed by atoms with Crippen LogP contribution in [0.4, 0.5) is 0 Å². The highest BCUT2D eigenvalue weighted by Crippen LogP contribution is 2.03. The molecule has 0 bridgehead atoms. The second kappa shape index (κ2) is 11.7. The largest absolute Gasteiger partial charge is 0.355 e. The zero-order chi connectivity index (χ0) is 11.8. The monoisotopic (exact) mass is 313 g/mol. The molecular weight excluding hydrogens is 293 g/mol. The molecule has 7 heteroatoms. The number of amides is 1. The molecule has 1 heterocycles. The fourth-order valence-corrected chi connectivity index (χ4v) is 1.97. The van der Waals surface area contributed by atoms with E-state index in [1.807, 2.05) is 5.38 Å². The van der Waals surface area contributed by atoms with Crippen molar-refractivity contribution in [2.24, 2.45) is 0 Å². The molecule has 4 nitrogen and oxygen atoms in total. The average Bonchev–Trinajstić information content (AvgIpc) is 2.77. The van der Waals surface area contributed by atoms with E-state index in [2.05, 4.69) is 29.5 Å². The molecule has 0 fully saturated rings. The van der Waals surface area contributed by atoms with Crippen molar-refractivity contribution in [2.45, 2.75) is 32.7 Å². The first kappa shape index (κ1) is 20.0. The first-order valence-corrected chi connectivity index (χ1v) is 6.53. The molecule has 1 amide bonds. The number of hydrogen-bond acceptors (Lipinski definition) is 4. The van der Waals surface area contributed by atoms with Gasteiger partial charge in [0.25, 0.3) is 0 Å². The molecule has 1 rings (SSSR count). The van der Waals surface area contributed by atoms with Crippen molar-refractivity contribution < 1.29 is 4.79 Å². The van der Waals surface area contributed by atoms with Gasteiger partial charge in [0.1, 0.15) is 0 Å². The number of carbonyl (C=O) groups excluding carboxylic acids is 1. The molecular formula is C11H21Cl2N3OS. The average molecular weight is 314 g/mol. The molecule has 0 aliphatic carbocycles. The lowest BCUT2D eigenvalue weighted by atomic mass is 10.2. The van der Waals surface area contributed by atoms with Crippen molar-refractivity contribution in [3.8, 4) is 0 Å². The third kappa shape index (κ3) is 8.69. The number of carbonyl (C=O) groups is 1. The van der Waals surface area contributed by atoms with Gasteiger partial charge in [-0.3, -0.25) is 4.79 Å². The minimum atomic E-state index is 0. The number of thiazole rings is 1. The molecule has 18 heavy (non-hydrogen) atoms. The van der Waals surface area contributed by atoms with E-state index in [1.54, 1.807) is 16.8 Å². The zero-order valence-electron chi connectivity index (χ0n) is 10.6. The lowest BCUT2D eigenvalue weighted by Gasteiger charge is -2.12. The normalized spacial score (nSPS) is 11.0. The predicted octanol–water partition coefficient (Wildman–Crippen LogP) is 2.03. The van der Waals surface area contributed by atoms with Crippen LogP contribution in [0.3, 0.4) is 0 Å². The van der Waals surface area contributed by atoms with Gasteiger partial charge in [0.05, 0.1) is 11.2 Å². The van der Waals surface area contributed by atoms with Gasteiger partial charge in [-0.05, 0) is 19.9 Å². The highest BCUT2D eigenvalue weighted by atomic mass is 35.5. The van der Waals surface area contributed by atoms with Crippen LogP contribution >= 0.6 is 36.2 Å². The summed E-state index contributed by atoms with van der Waals surface area (Å²) in [6, 6.07) is 0.327. The summed E-state index contributed by atoms with van der Waals surface area (Å²) in [5.74, 6) is 0.0951. The summed E-state index contributed by atoms with van der Waals surface area (Å²) in [4.78, 5) is 15.6. The van der Waals surface area contributed by atoms with E-state index < -0.39 is 0 Å². The molecule has 0 aliphatic rings. The molecule has 0 saturated carbocycles. The van der Waals surface area contributed by atoms with E-state index in [4.69, 9.17) is 0 Å². The fraction of sp³-hybridized carbons (Fsp3) is 0.636. The third-order valence-electron chi connectivity index (χ3n) is 2.25. The summed E-state index contributed by atoms with van der Waals surface area (Å²) < 4.78 is 0. The van der Waals surface area contributed by atoms with E-state index in [9.17, 15) is 4.79 Å². The summed E-state index contributed by atoms with van der Waals surface area (Å²) in [5, 5.41) is 8.13. The Bertz CT molecular complexity index is 309. The predicted molar refractivity (Wildman–Crippen MR) is 81.1 cm³/mol. The number of halogens is 2. The van der Waals surface area contributed by atoms with Crippen molar-refractivity contribution in [2.75, 3.05) is 13.1 Å². The molecule has 1 atom stereocenters. The molecule has 0 aliphatic heterocycles. The molecule has 0 saturated heterocycles. The van der Waals surface area contributed by atoms with Crippen molar-refractivity contribution in [3.63, 3.8) is 0 Å². The van der Waals surface area contributed by atoms with Crippen LogP contribution in [0.2, 0.25) is 0 Å². The van der Waals surface area contributed by atoms with Gasteiger partial charge in [0.15, 0.2) is 0 Å². The Morgan fingerprint density at radius 3 is 2.78 bits per heavy atom. The third-order valence-corrected chi connectivity index (χ3v) is 2.88.